The topological polar surface area (TPSA) is 98.5 Å². The highest BCUT2D eigenvalue weighted by molar-refractivity contribution is 6.32. The van der Waals surface area contributed by atoms with Crippen LogP contribution >= 0.6 is 11.6 Å². The van der Waals surface area contributed by atoms with Gasteiger partial charge >= 0.3 is 5.97 Å². The first-order valence-electron chi connectivity index (χ1n) is 6.62. The zero-order valence-electron chi connectivity index (χ0n) is 12.5. The van der Waals surface area contributed by atoms with Crippen molar-refractivity contribution < 1.29 is 19.2 Å². The van der Waals surface area contributed by atoms with Gasteiger partial charge in [0.2, 0.25) is 0 Å². The summed E-state index contributed by atoms with van der Waals surface area (Å²) >= 11 is 5.65. The van der Waals surface area contributed by atoms with Gasteiger partial charge in [0, 0.05) is 12.1 Å². The van der Waals surface area contributed by atoms with Gasteiger partial charge in [-0.1, -0.05) is 25.4 Å². The number of nitro groups is 1. The van der Waals surface area contributed by atoms with Crippen molar-refractivity contribution in [2.45, 2.75) is 26.8 Å². The Hall–Kier alpha value is -2.15. The Balaban J connectivity index is 2.65. The molecule has 0 unspecified atom stereocenters. The molecule has 0 saturated heterocycles. The van der Waals surface area contributed by atoms with Crippen LogP contribution in [0.1, 0.15) is 31.1 Å². The van der Waals surface area contributed by atoms with Gasteiger partial charge in [-0.05, 0) is 25.0 Å². The smallest absolute Gasteiger partial charge is 0.338 e. The van der Waals surface area contributed by atoms with E-state index in [2.05, 4.69) is 5.32 Å². The predicted octanol–water partition coefficient (Wildman–Crippen LogP) is 2.57. The molecule has 22 heavy (non-hydrogen) atoms. The van der Waals surface area contributed by atoms with Crippen molar-refractivity contribution in [2.24, 2.45) is 5.92 Å². The fourth-order valence-electron chi connectivity index (χ4n) is 1.46. The summed E-state index contributed by atoms with van der Waals surface area (Å²) < 4.78 is 4.83. The minimum Gasteiger partial charge on any atom is -0.452 e. The average molecular weight is 329 g/mol. The van der Waals surface area contributed by atoms with Crippen LogP contribution in [0.25, 0.3) is 0 Å². The fourth-order valence-corrected chi connectivity index (χ4v) is 1.64. The van der Waals surface area contributed by atoms with Crippen molar-refractivity contribution in [3.05, 3.63) is 38.9 Å². The third kappa shape index (κ3) is 5.00. The zero-order chi connectivity index (χ0) is 16.9. The van der Waals surface area contributed by atoms with E-state index in [1.807, 2.05) is 20.8 Å². The molecule has 1 aromatic rings. The van der Waals surface area contributed by atoms with Crippen LogP contribution in [-0.4, -0.2) is 29.4 Å². The lowest BCUT2D eigenvalue weighted by Gasteiger charge is -2.17. The molecule has 0 spiro atoms. The molecule has 1 atom stereocenters. The van der Waals surface area contributed by atoms with Gasteiger partial charge in [-0.3, -0.25) is 14.9 Å². The summed E-state index contributed by atoms with van der Waals surface area (Å²) in [6.07, 6.45) is 0. The highest BCUT2D eigenvalue weighted by Gasteiger charge is 2.18. The number of rotatable bonds is 6. The van der Waals surface area contributed by atoms with Gasteiger partial charge in [0.25, 0.3) is 11.6 Å². The van der Waals surface area contributed by atoms with Gasteiger partial charge in [-0.2, -0.15) is 0 Å². The molecule has 1 amide bonds. The predicted molar refractivity (Wildman–Crippen MR) is 80.8 cm³/mol. The van der Waals surface area contributed by atoms with Crippen molar-refractivity contribution in [3.63, 3.8) is 0 Å². The molecule has 0 aliphatic rings. The molecule has 1 N–H and O–H groups in total. The summed E-state index contributed by atoms with van der Waals surface area (Å²) in [6.45, 7) is 5.28. The molecule has 120 valence electrons. The quantitative estimate of drug-likeness (QED) is 0.491. The van der Waals surface area contributed by atoms with Crippen LogP contribution in [0, 0.1) is 16.0 Å². The highest BCUT2D eigenvalue weighted by atomic mass is 35.5. The highest BCUT2D eigenvalue weighted by Crippen LogP contribution is 2.25. The lowest BCUT2D eigenvalue weighted by Crippen LogP contribution is -2.38. The summed E-state index contributed by atoms with van der Waals surface area (Å²) in [5, 5.41) is 13.4. The van der Waals surface area contributed by atoms with Gasteiger partial charge < -0.3 is 10.1 Å². The van der Waals surface area contributed by atoms with Crippen molar-refractivity contribution in [2.75, 3.05) is 6.61 Å². The SMILES string of the molecule is CC(C)[C@H](C)NC(=O)COC(=O)c1ccc(Cl)c([N+](=O)[O-])c1. The molecular weight excluding hydrogens is 312 g/mol. The molecule has 1 aromatic carbocycles. The number of ether oxygens (including phenoxy) is 1. The number of carbonyl (C=O) groups is 2. The molecule has 0 aliphatic heterocycles. The molecule has 0 saturated carbocycles. The molecular formula is C14H17ClN2O5. The molecule has 0 aromatic heterocycles. The fraction of sp³-hybridized carbons (Fsp3) is 0.429. The van der Waals surface area contributed by atoms with E-state index in [0.717, 1.165) is 6.07 Å². The molecule has 0 aliphatic carbocycles. The second kappa shape index (κ2) is 7.74. The zero-order valence-corrected chi connectivity index (χ0v) is 13.2. The number of nitro benzene ring substituents is 1. The first kappa shape index (κ1) is 17.9. The Labute approximate surface area is 132 Å². The third-order valence-electron chi connectivity index (χ3n) is 3.10. The molecule has 8 heteroatoms. The molecule has 7 nitrogen and oxygen atoms in total. The van der Waals surface area contributed by atoms with Crippen LogP contribution in [-0.2, 0) is 9.53 Å². The monoisotopic (exact) mass is 328 g/mol. The number of halogens is 1. The van der Waals surface area contributed by atoms with Gasteiger partial charge in [0.05, 0.1) is 10.5 Å². The van der Waals surface area contributed by atoms with Crippen molar-refractivity contribution in [3.8, 4) is 0 Å². The Bertz CT molecular complexity index is 589. The van der Waals surface area contributed by atoms with Crippen molar-refractivity contribution in [1.29, 1.82) is 0 Å². The van der Waals surface area contributed by atoms with Gasteiger partial charge in [-0.15, -0.1) is 0 Å². The lowest BCUT2D eigenvalue weighted by molar-refractivity contribution is -0.384. The number of hydrogen-bond acceptors (Lipinski definition) is 5. The van der Waals surface area contributed by atoms with E-state index in [1.54, 1.807) is 0 Å². The van der Waals surface area contributed by atoms with Gasteiger partial charge in [-0.25, -0.2) is 4.79 Å². The maximum atomic E-state index is 11.8. The summed E-state index contributed by atoms with van der Waals surface area (Å²) in [5.74, 6) is -1.01. The number of carbonyl (C=O) groups excluding carboxylic acids is 2. The van der Waals surface area contributed by atoms with Crippen LogP contribution in [0.2, 0.25) is 5.02 Å². The van der Waals surface area contributed by atoms with Crippen LogP contribution in [0.3, 0.4) is 0 Å². The van der Waals surface area contributed by atoms with Gasteiger partial charge in [0.1, 0.15) is 5.02 Å². The molecule has 1 rings (SSSR count). The largest absolute Gasteiger partial charge is 0.452 e. The Morgan fingerprint density at radius 2 is 2.00 bits per heavy atom. The molecule has 0 heterocycles. The van der Waals surface area contributed by atoms with Crippen LogP contribution in [0.5, 0.6) is 0 Å². The third-order valence-corrected chi connectivity index (χ3v) is 3.42. The maximum Gasteiger partial charge on any atom is 0.338 e. The number of benzene rings is 1. The normalized spacial score (nSPS) is 11.9. The standard InChI is InChI=1S/C14H17ClN2O5/c1-8(2)9(3)16-13(18)7-22-14(19)10-4-5-11(15)12(6-10)17(20)21/h4-6,8-9H,7H2,1-3H3,(H,16,18)/t9-/m0/s1. The van der Waals surface area contributed by atoms with E-state index >= 15 is 0 Å². The number of nitrogens with one attached hydrogen (secondary N) is 1. The summed E-state index contributed by atoms with van der Waals surface area (Å²) in [5.41, 5.74) is -0.435. The molecule has 0 fully saturated rings. The lowest BCUT2D eigenvalue weighted by atomic mass is 10.1. The minimum absolute atomic E-state index is 0.0409. The van der Waals surface area contributed by atoms with E-state index < -0.39 is 29.1 Å². The number of nitrogens with zero attached hydrogens (tertiary/aromatic N) is 1. The van der Waals surface area contributed by atoms with Crippen molar-refractivity contribution in [1.82, 2.24) is 5.32 Å². The Kier molecular flexibility index (Phi) is 6.30. The summed E-state index contributed by atoms with van der Waals surface area (Å²) in [7, 11) is 0. The van der Waals surface area contributed by atoms with Crippen LogP contribution < -0.4 is 5.32 Å². The molecule has 0 bridgehead atoms. The van der Waals surface area contributed by atoms with E-state index in [0.29, 0.717) is 0 Å². The summed E-state index contributed by atoms with van der Waals surface area (Å²) in [4.78, 5) is 33.4. The van der Waals surface area contributed by atoms with E-state index in [-0.39, 0.29) is 22.5 Å². The van der Waals surface area contributed by atoms with E-state index in [4.69, 9.17) is 16.3 Å². The number of hydrogen-bond donors (Lipinski definition) is 1. The maximum absolute atomic E-state index is 11.8. The van der Waals surface area contributed by atoms with Crippen molar-refractivity contribution >= 4 is 29.2 Å². The minimum atomic E-state index is -0.827. The van der Waals surface area contributed by atoms with Crippen LogP contribution in [0.15, 0.2) is 18.2 Å². The van der Waals surface area contributed by atoms with E-state index in [9.17, 15) is 19.7 Å². The first-order chi connectivity index (χ1) is 10.2. The summed E-state index contributed by atoms with van der Waals surface area (Å²) in [6, 6.07) is 3.49. The van der Waals surface area contributed by atoms with Crippen LogP contribution in [0.4, 0.5) is 5.69 Å². The second-order valence-electron chi connectivity index (χ2n) is 5.10. The first-order valence-corrected chi connectivity index (χ1v) is 7.00. The van der Waals surface area contributed by atoms with E-state index in [1.165, 1.54) is 12.1 Å². The number of esters is 1. The average Bonchev–Trinajstić information content (AvgIpc) is 2.44. The Morgan fingerprint density at radius 3 is 2.55 bits per heavy atom. The Morgan fingerprint density at radius 1 is 1.36 bits per heavy atom. The molecule has 0 radical (unpaired) electrons. The number of amides is 1. The van der Waals surface area contributed by atoms with Gasteiger partial charge in [0.15, 0.2) is 6.61 Å². The second-order valence-corrected chi connectivity index (χ2v) is 5.51.